The molecule has 0 radical (unpaired) electrons. The van der Waals surface area contributed by atoms with Crippen molar-refractivity contribution in [2.45, 2.75) is 77.4 Å². The number of rotatable bonds is 0. The number of ketones is 1. The molecule has 0 amide bonds. The van der Waals surface area contributed by atoms with E-state index in [1.165, 1.54) is 6.42 Å². The molecule has 2 N–H and O–H groups in total. The molecule has 0 aromatic rings. The number of carbonyl (C=O) groups excluding carboxylic acids is 1. The average Bonchev–Trinajstić information content (AvgIpc) is 2.77. The highest BCUT2D eigenvalue weighted by Gasteiger charge is 2.62. The lowest BCUT2D eigenvalue weighted by molar-refractivity contribution is -0.179. The van der Waals surface area contributed by atoms with Crippen LogP contribution < -0.4 is 0 Å². The molecule has 0 saturated heterocycles. The van der Waals surface area contributed by atoms with Crippen LogP contribution in [-0.2, 0) is 4.79 Å². The van der Waals surface area contributed by atoms with Crippen molar-refractivity contribution in [1.29, 1.82) is 0 Å². The van der Waals surface area contributed by atoms with Crippen molar-refractivity contribution in [3.05, 3.63) is 0 Å². The summed E-state index contributed by atoms with van der Waals surface area (Å²) < 4.78 is 0. The summed E-state index contributed by atoms with van der Waals surface area (Å²) in [5.41, 5.74) is -0.126. The van der Waals surface area contributed by atoms with Gasteiger partial charge >= 0.3 is 0 Å². The molecule has 0 unspecified atom stereocenters. The molecule has 0 aliphatic heterocycles. The van der Waals surface area contributed by atoms with Gasteiger partial charge in [0.2, 0.25) is 0 Å². The smallest absolute Gasteiger partial charge is 0.139 e. The van der Waals surface area contributed by atoms with Crippen molar-refractivity contribution in [2.24, 2.45) is 34.5 Å². The van der Waals surface area contributed by atoms with Crippen LogP contribution in [0.1, 0.15) is 65.2 Å². The summed E-state index contributed by atoms with van der Waals surface area (Å²) in [5, 5.41) is 20.9. The third-order valence-electron chi connectivity index (χ3n) is 8.44. The quantitative estimate of drug-likeness (QED) is 0.723. The molecule has 3 nitrogen and oxygen atoms in total. The number of aliphatic hydroxyl groups is 2. The van der Waals surface area contributed by atoms with Gasteiger partial charge < -0.3 is 10.2 Å². The van der Waals surface area contributed by atoms with Gasteiger partial charge in [-0.15, -0.1) is 0 Å². The Labute approximate surface area is 133 Å². The van der Waals surface area contributed by atoms with Crippen LogP contribution in [0.15, 0.2) is 0 Å². The summed E-state index contributed by atoms with van der Waals surface area (Å²) >= 11 is 0. The molecule has 0 heterocycles. The molecule has 4 aliphatic carbocycles. The Kier molecular flexibility index (Phi) is 3.30. The Morgan fingerprint density at radius 1 is 1.00 bits per heavy atom. The Morgan fingerprint density at radius 2 is 1.77 bits per heavy atom. The molecule has 0 aromatic heterocycles. The maximum atomic E-state index is 12.4. The van der Waals surface area contributed by atoms with Gasteiger partial charge in [-0.05, 0) is 74.0 Å². The van der Waals surface area contributed by atoms with E-state index in [0.717, 1.165) is 38.5 Å². The highest BCUT2D eigenvalue weighted by Crippen LogP contribution is 2.65. The standard InChI is InChI=1S/C19H30O3/c1-18-8-7-15-13(14(18)5-6-16(18)21)4-3-11-9-12(20)10-17(22)19(11,15)2/h11-15,17,20,22H,3-10H2,1-2H3/t11-,12+,13-,14-,15-,17-,18+,19-/m0/s1. The number of hydrogen-bond donors (Lipinski definition) is 2. The molecule has 4 aliphatic rings. The molecule has 4 saturated carbocycles. The van der Waals surface area contributed by atoms with Crippen molar-refractivity contribution >= 4 is 5.78 Å². The van der Waals surface area contributed by atoms with Gasteiger partial charge in [0.05, 0.1) is 12.2 Å². The zero-order valence-electron chi connectivity index (χ0n) is 13.9. The maximum absolute atomic E-state index is 12.4. The predicted molar refractivity (Wildman–Crippen MR) is 84.1 cm³/mol. The zero-order valence-corrected chi connectivity index (χ0v) is 13.9. The van der Waals surface area contributed by atoms with Gasteiger partial charge in [-0.1, -0.05) is 13.8 Å². The molecular weight excluding hydrogens is 276 g/mol. The Morgan fingerprint density at radius 3 is 2.55 bits per heavy atom. The van der Waals surface area contributed by atoms with E-state index in [2.05, 4.69) is 13.8 Å². The van der Waals surface area contributed by atoms with E-state index in [1.807, 2.05) is 0 Å². The van der Waals surface area contributed by atoms with Crippen LogP contribution in [-0.4, -0.2) is 28.2 Å². The van der Waals surface area contributed by atoms with E-state index in [1.54, 1.807) is 0 Å². The minimum atomic E-state index is -0.379. The molecule has 0 spiro atoms. The predicted octanol–water partition coefficient (Wildman–Crippen LogP) is 2.93. The van der Waals surface area contributed by atoms with Gasteiger partial charge in [-0.3, -0.25) is 4.79 Å². The lowest BCUT2D eigenvalue weighted by Crippen LogP contribution is -2.59. The first-order valence-corrected chi connectivity index (χ1v) is 9.26. The zero-order chi connectivity index (χ0) is 15.7. The van der Waals surface area contributed by atoms with E-state index in [4.69, 9.17) is 0 Å². The largest absolute Gasteiger partial charge is 0.393 e. The second-order valence-electron chi connectivity index (χ2n) is 9.08. The number of aliphatic hydroxyl groups excluding tert-OH is 2. The van der Waals surface area contributed by atoms with Crippen LogP contribution in [0.5, 0.6) is 0 Å². The van der Waals surface area contributed by atoms with Crippen LogP contribution in [0, 0.1) is 34.5 Å². The van der Waals surface area contributed by atoms with E-state index in [9.17, 15) is 15.0 Å². The van der Waals surface area contributed by atoms with Crippen molar-refractivity contribution in [2.75, 3.05) is 0 Å². The number of carbonyl (C=O) groups is 1. The van der Waals surface area contributed by atoms with Crippen molar-refractivity contribution in [1.82, 2.24) is 0 Å². The van der Waals surface area contributed by atoms with Gasteiger partial charge in [-0.25, -0.2) is 0 Å². The van der Waals surface area contributed by atoms with Gasteiger partial charge in [-0.2, -0.15) is 0 Å². The molecule has 4 fully saturated rings. The lowest BCUT2D eigenvalue weighted by atomic mass is 9.44. The first-order valence-electron chi connectivity index (χ1n) is 9.26. The fraction of sp³-hybridized carbons (Fsp3) is 0.947. The minimum absolute atomic E-state index is 0.0465. The normalized spacial score (nSPS) is 57.9. The molecule has 0 bridgehead atoms. The summed E-state index contributed by atoms with van der Waals surface area (Å²) in [6.45, 7) is 4.49. The minimum Gasteiger partial charge on any atom is -0.393 e. The van der Waals surface area contributed by atoms with Gasteiger partial charge in [0.25, 0.3) is 0 Å². The Hall–Kier alpha value is -0.410. The fourth-order valence-corrected chi connectivity index (χ4v) is 7.07. The van der Waals surface area contributed by atoms with Crippen molar-refractivity contribution in [3.63, 3.8) is 0 Å². The summed E-state index contributed by atoms with van der Waals surface area (Å²) in [5.74, 6) is 2.63. The van der Waals surface area contributed by atoms with E-state index in [-0.39, 0.29) is 23.0 Å². The molecule has 4 rings (SSSR count). The second-order valence-corrected chi connectivity index (χ2v) is 9.08. The van der Waals surface area contributed by atoms with Crippen LogP contribution in [0.3, 0.4) is 0 Å². The van der Waals surface area contributed by atoms with E-state index >= 15 is 0 Å². The van der Waals surface area contributed by atoms with Crippen molar-refractivity contribution in [3.8, 4) is 0 Å². The Balaban J connectivity index is 1.67. The molecule has 22 heavy (non-hydrogen) atoms. The van der Waals surface area contributed by atoms with Crippen LogP contribution in [0.25, 0.3) is 0 Å². The molecule has 124 valence electrons. The first kappa shape index (κ1) is 15.1. The van der Waals surface area contributed by atoms with Crippen LogP contribution >= 0.6 is 0 Å². The second kappa shape index (κ2) is 4.80. The molecule has 0 aromatic carbocycles. The third-order valence-corrected chi connectivity index (χ3v) is 8.44. The molecule has 8 atom stereocenters. The number of hydrogen-bond acceptors (Lipinski definition) is 3. The number of fused-ring (bicyclic) bond motifs is 5. The highest BCUT2D eigenvalue weighted by atomic mass is 16.3. The summed E-state index contributed by atoms with van der Waals surface area (Å²) in [6.07, 6.45) is 6.93. The lowest BCUT2D eigenvalue weighted by Gasteiger charge is -2.61. The molecule has 3 heteroatoms. The van der Waals surface area contributed by atoms with Gasteiger partial charge in [0.1, 0.15) is 5.78 Å². The SMILES string of the molecule is C[C@]12[C@@H](CC[C@@H]3[C@@H]1CC[C@@]1(C)C(=O)CC[C@@H]31)C[C@@H](O)C[C@@H]2O. The van der Waals surface area contributed by atoms with Crippen molar-refractivity contribution < 1.29 is 15.0 Å². The fourth-order valence-electron chi connectivity index (χ4n) is 7.07. The summed E-state index contributed by atoms with van der Waals surface area (Å²) in [4.78, 5) is 12.4. The third kappa shape index (κ3) is 1.78. The van der Waals surface area contributed by atoms with Crippen LogP contribution in [0.4, 0.5) is 0 Å². The van der Waals surface area contributed by atoms with Gasteiger partial charge in [0, 0.05) is 11.8 Å². The van der Waals surface area contributed by atoms with Gasteiger partial charge in [0.15, 0.2) is 0 Å². The van der Waals surface area contributed by atoms with E-state index in [0.29, 0.717) is 35.9 Å². The number of Topliss-reactive ketones (excluding diaryl/α,β-unsaturated/α-hetero) is 1. The highest BCUT2D eigenvalue weighted by molar-refractivity contribution is 5.87. The first-order chi connectivity index (χ1) is 10.4. The van der Waals surface area contributed by atoms with E-state index < -0.39 is 0 Å². The summed E-state index contributed by atoms with van der Waals surface area (Å²) in [6, 6.07) is 0. The Bertz CT molecular complexity index is 489. The van der Waals surface area contributed by atoms with Crippen LogP contribution in [0.2, 0.25) is 0 Å². The molecular formula is C19H30O3. The summed E-state index contributed by atoms with van der Waals surface area (Å²) in [7, 11) is 0. The average molecular weight is 306 g/mol. The topological polar surface area (TPSA) is 57.5 Å². The maximum Gasteiger partial charge on any atom is 0.139 e. The monoisotopic (exact) mass is 306 g/mol.